The van der Waals surface area contributed by atoms with E-state index in [0.29, 0.717) is 24.5 Å². The number of nitrogens with one attached hydrogen (secondary N) is 3. The molecule has 0 aliphatic rings. The Kier molecular flexibility index (Phi) is 3.27. The molecular weight excluding hydrogens is 260 g/mol. The van der Waals surface area contributed by atoms with Gasteiger partial charge in [-0.25, -0.2) is 4.79 Å². The van der Waals surface area contributed by atoms with Crippen molar-refractivity contribution in [3.63, 3.8) is 0 Å². The first-order chi connectivity index (χ1) is 9.81. The number of nitrogens with zero attached hydrogens (tertiary/aromatic N) is 3. The van der Waals surface area contributed by atoms with Crippen molar-refractivity contribution in [3.05, 3.63) is 36.3 Å². The highest BCUT2D eigenvalue weighted by Gasteiger charge is 2.06. The normalized spacial score (nSPS) is 10.6. The van der Waals surface area contributed by atoms with Gasteiger partial charge in [-0.2, -0.15) is 5.21 Å². The van der Waals surface area contributed by atoms with E-state index in [1.807, 2.05) is 18.3 Å². The number of ether oxygens (including phenoxy) is 1. The molecule has 0 saturated heterocycles. The van der Waals surface area contributed by atoms with Crippen LogP contribution in [0.15, 0.2) is 30.5 Å². The SMILES string of the molecule is O=C(NCCc1nn[nH]n1)Oc1ccc2[nH]ccc2c1. The lowest BCUT2D eigenvalue weighted by Gasteiger charge is -2.05. The molecule has 0 radical (unpaired) electrons. The molecule has 0 aliphatic heterocycles. The minimum atomic E-state index is -0.511. The Labute approximate surface area is 113 Å². The van der Waals surface area contributed by atoms with Crippen LogP contribution in [-0.4, -0.2) is 38.2 Å². The average Bonchev–Trinajstić information content (AvgIpc) is 3.08. The van der Waals surface area contributed by atoms with Crippen LogP contribution in [0, 0.1) is 0 Å². The monoisotopic (exact) mass is 272 g/mol. The molecule has 0 fully saturated rings. The van der Waals surface area contributed by atoms with Gasteiger partial charge in [-0.15, -0.1) is 10.2 Å². The maximum atomic E-state index is 11.6. The van der Waals surface area contributed by atoms with Gasteiger partial charge in [0.2, 0.25) is 0 Å². The van der Waals surface area contributed by atoms with Crippen LogP contribution >= 0.6 is 0 Å². The van der Waals surface area contributed by atoms with Crippen molar-refractivity contribution in [1.29, 1.82) is 0 Å². The predicted octanol–water partition coefficient (Wildman–Crippen LogP) is 1.01. The maximum Gasteiger partial charge on any atom is 0.412 e. The summed E-state index contributed by atoms with van der Waals surface area (Å²) in [5.41, 5.74) is 0.995. The lowest BCUT2D eigenvalue weighted by Crippen LogP contribution is -2.28. The highest BCUT2D eigenvalue weighted by Crippen LogP contribution is 2.19. The molecule has 2 heterocycles. The molecular formula is C12H12N6O2. The fourth-order valence-corrected chi connectivity index (χ4v) is 1.80. The third-order valence-corrected chi connectivity index (χ3v) is 2.74. The second-order valence-electron chi connectivity index (χ2n) is 4.12. The Balaban J connectivity index is 1.52. The van der Waals surface area contributed by atoms with Crippen LogP contribution in [0.2, 0.25) is 0 Å². The summed E-state index contributed by atoms with van der Waals surface area (Å²) in [6, 6.07) is 7.30. The first-order valence-electron chi connectivity index (χ1n) is 6.06. The number of hydrogen-bond acceptors (Lipinski definition) is 5. The number of amides is 1. The number of H-pyrrole nitrogens is 2. The van der Waals surface area contributed by atoms with Crippen LogP contribution in [0.5, 0.6) is 5.75 Å². The van der Waals surface area contributed by atoms with E-state index < -0.39 is 6.09 Å². The summed E-state index contributed by atoms with van der Waals surface area (Å²) in [4.78, 5) is 14.7. The van der Waals surface area contributed by atoms with E-state index in [1.165, 1.54) is 0 Å². The molecule has 0 atom stereocenters. The second-order valence-corrected chi connectivity index (χ2v) is 4.12. The van der Waals surface area contributed by atoms with Crippen molar-refractivity contribution in [2.75, 3.05) is 6.54 Å². The molecule has 0 bridgehead atoms. The fourth-order valence-electron chi connectivity index (χ4n) is 1.80. The van der Waals surface area contributed by atoms with Gasteiger partial charge in [0.05, 0.1) is 0 Å². The van der Waals surface area contributed by atoms with Crippen LogP contribution < -0.4 is 10.1 Å². The van der Waals surface area contributed by atoms with Crippen molar-refractivity contribution in [1.82, 2.24) is 30.9 Å². The third kappa shape index (κ3) is 2.74. The highest BCUT2D eigenvalue weighted by atomic mass is 16.6. The number of carbonyl (C=O) groups is 1. The molecule has 0 saturated carbocycles. The number of carbonyl (C=O) groups excluding carboxylic acids is 1. The topological polar surface area (TPSA) is 109 Å². The Bertz CT molecular complexity index is 706. The first-order valence-corrected chi connectivity index (χ1v) is 6.06. The molecule has 102 valence electrons. The Morgan fingerprint density at radius 1 is 1.35 bits per heavy atom. The number of aromatic nitrogens is 5. The number of rotatable bonds is 4. The van der Waals surface area contributed by atoms with Gasteiger partial charge in [0, 0.05) is 30.1 Å². The smallest absolute Gasteiger partial charge is 0.410 e. The van der Waals surface area contributed by atoms with Crippen LogP contribution in [0.1, 0.15) is 5.82 Å². The number of hydrogen-bond donors (Lipinski definition) is 3. The van der Waals surface area contributed by atoms with E-state index in [4.69, 9.17) is 4.74 Å². The summed E-state index contributed by atoms with van der Waals surface area (Å²) in [5.74, 6) is 1.04. The molecule has 2 aromatic heterocycles. The Morgan fingerprint density at radius 3 is 3.15 bits per heavy atom. The first kappa shape index (κ1) is 12.2. The van der Waals surface area contributed by atoms with Crippen LogP contribution in [0.25, 0.3) is 10.9 Å². The van der Waals surface area contributed by atoms with Crippen LogP contribution in [0.4, 0.5) is 4.79 Å². The lowest BCUT2D eigenvalue weighted by atomic mass is 10.2. The average molecular weight is 272 g/mol. The van der Waals surface area contributed by atoms with Crippen LogP contribution in [-0.2, 0) is 6.42 Å². The lowest BCUT2D eigenvalue weighted by molar-refractivity contribution is 0.200. The summed E-state index contributed by atoms with van der Waals surface area (Å²) in [6.45, 7) is 0.380. The zero-order chi connectivity index (χ0) is 13.8. The summed E-state index contributed by atoms with van der Waals surface area (Å²) >= 11 is 0. The predicted molar refractivity (Wildman–Crippen MR) is 70.2 cm³/mol. The van der Waals surface area contributed by atoms with Gasteiger partial charge in [-0.3, -0.25) is 0 Å². The van der Waals surface area contributed by atoms with Gasteiger partial charge in [0.15, 0.2) is 5.82 Å². The summed E-state index contributed by atoms with van der Waals surface area (Å²) < 4.78 is 5.18. The van der Waals surface area contributed by atoms with E-state index in [0.717, 1.165) is 10.9 Å². The Morgan fingerprint density at radius 2 is 2.30 bits per heavy atom. The number of benzene rings is 1. The minimum Gasteiger partial charge on any atom is -0.410 e. The number of aromatic amines is 2. The van der Waals surface area contributed by atoms with E-state index >= 15 is 0 Å². The fraction of sp³-hybridized carbons (Fsp3) is 0.167. The Hall–Kier alpha value is -2.90. The van der Waals surface area contributed by atoms with Gasteiger partial charge in [-0.1, -0.05) is 5.21 Å². The zero-order valence-corrected chi connectivity index (χ0v) is 10.5. The molecule has 3 rings (SSSR count). The molecule has 3 aromatic rings. The zero-order valence-electron chi connectivity index (χ0n) is 10.5. The van der Waals surface area contributed by atoms with Gasteiger partial charge < -0.3 is 15.0 Å². The van der Waals surface area contributed by atoms with Crippen LogP contribution in [0.3, 0.4) is 0 Å². The standard InChI is InChI=1S/C12H12N6O2/c19-12(14-6-4-11-15-17-18-16-11)20-9-1-2-10-8(7-9)3-5-13-10/h1-3,5,7,13H,4,6H2,(H,14,19)(H,15,16,17,18). The van der Waals surface area contributed by atoms with Crippen molar-refractivity contribution in [3.8, 4) is 5.75 Å². The molecule has 1 aromatic carbocycles. The molecule has 20 heavy (non-hydrogen) atoms. The third-order valence-electron chi connectivity index (χ3n) is 2.74. The van der Waals surface area contributed by atoms with Crippen molar-refractivity contribution >= 4 is 17.0 Å². The molecule has 3 N–H and O–H groups in total. The van der Waals surface area contributed by atoms with Crippen molar-refractivity contribution < 1.29 is 9.53 Å². The minimum absolute atomic E-state index is 0.380. The number of fused-ring (bicyclic) bond motifs is 1. The van der Waals surface area contributed by atoms with Gasteiger partial charge in [0.25, 0.3) is 0 Å². The van der Waals surface area contributed by atoms with Gasteiger partial charge >= 0.3 is 6.09 Å². The maximum absolute atomic E-state index is 11.6. The molecule has 0 aliphatic carbocycles. The van der Waals surface area contributed by atoms with Crippen molar-refractivity contribution in [2.24, 2.45) is 0 Å². The van der Waals surface area contributed by atoms with Gasteiger partial charge in [0.1, 0.15) is 5.75 Å². The van der Waals surface area contributed by atoms with E-state index in [1.54, 1.807) is 12.1 Å². The summed E-state index contributed by atoms with van der Waals surface area (Å²) in [6.07, 6.45) is 1.81. The molecule has 0 spiro atoms. The molecule has 8 nitrogen and oxygen atoms in total. The van der Waals surface area contributed by atoms with E-state index in [-0.39, 0.29) is 0 Å². The summed E-state index contributed by atoms with van der Waals surface area (Å²) in [7, 11) is 0. The second kappa shape index (κ2) is 5.39. The van der Waals surface area contributed by atoms with Gasteiger partial charge in [-0.05, 0) is 24.3 Å². The largest absolute Gasteiger partial charge is 0.412 e. The highest BCUT2D eigenvalue weighted by molar-refractivity contribution is 5.82. The van der Waals surface area contributed by atoms with E-state index in [2.05, 4.69) is 30.9 Å². The number of tetrazole rings is 1. The quantitative estimate of drug-likeness (QED) is 0.656. The van der Waals surface area contributed by atoms with Crippen molar-refractivity contribution in [2.45, 2.75) is 6.42 Å². The molecule has 8 heteroatoms. The van der Waals surface area contributed by atoms with E-state index in [9.17, 15) is 4.79 Å². The molecule has 0 unspecified atom stereocenters. The summed E-state index contributed by atoms with van der Waals surface area (Å²) in [5, 5.41) is 16.9. The molecule has 1 amide bonds.